The molecule has 0 amide bonds. The van der Waals surface area contributed by atoms with Crippen LogP contribution in [0.2, 0.25) is 0 Å². The molecule has 0 spiro atoms. The van der Waals surface area contributed by atoms with Crippen LogP contribution in [-0.4, -0.2) is 21.8 Å². The molecule has 23 heavy (non-hydrogen) atoms. The van der Waals surface area contributed by atoms with Crippen molar-refractivity contribution in [3.8, 4) is 29.8 Å². The van der Waals surface area contributed by atoms with E-state index in [0.717, 1.165) is 0 Å². The molecule has 114 valence electrons. The lowest BCUT2D eigenvalue weighted by molar-refractivity contribution is 0.0973. The van der Waals surface area contributed by atoms with Gasteiger partial charge in [-0.05, 0) is 53.3 Å². The van der Waals surface area contributed by atoms with Crippen LogP contribution in [0, 0.1) is 23.0 Å². The average Bonchev–Trinajstić information content (AvgIpc) is 2.48. The molecule has 0 saturated carbocycles. The molecule has 0 heterocycles. The first-order valence-corrected chi connectivity index (χ1v) is 7.55. The smallest absolute Gasteiger partial charge is 0.202 e. The average molecular weight is 420 g/mol. The predicted octanol–water partition coefficient (Wildman–Crippen LogP) is 2.76. The number of hydrogen-bond donors (Lipinski definition) is 2. The second-order valence-corrected chi connectivity index (χ2v) is 6.12. The van der Waals surface area contributed by atoms with Gasteiger partial charge in [-0.1, -0.05) is 6.42 Å². The monoisotopic (exact) mass is 420 g/mol. The maximum atomic E-state index is 12.7. The van der Waals surface area contributed by atoms with E-state index in [1.807, 2.05) is 6.11 Å². The molecule has 2 aromatic carbocycles. The van der Waals surface area contributed by atoms with Crippen molar-refractivity contribution in [2.24, 2.45) is 0 Å². The Bertz CT molecular complexity index is 937. The van der Waals surface area contributed by atoms with Gasteiger partial charge in [0.15, 0.2) is 11.5 Å². The molecule has 0 bridgehead atoms. The lowest BCUT2D eigenvalue weighted by Crippen LogP contribution is -2.22. The third kappa shape index (κ3) is 2.16. The molecule has 3 rings (SSSR count). The van der Waals surface area contributed by atoms with E-state index >= 15 is 0 Å². The summed E-state index contributed by atoms with van der Waals surface area (Å²) in [6, 6.07) is 4.25. The van der Waals surface area contributed by atoms with Crippen LogP contribution in [0.1, 0.15) is 37.4 Å². The second-order valence-electron chi connectivity index (χ2n) is 5.04. The molecular formula is C17H9IO5. The summed E-state index contributed by atoms with van der Waals surface area (Å²) in [6.45, 7) is 1.70. The normalized spacial score (nSPS) is 12.4. The van der Waals surface area contributed by atoms with E-state index in [0.29, 0.717) is 5.56 Å². The number of ketones is 2. The van der Waals surface area contributed by atoms with Gasteiger partial charge in [-0.2, -0.15) is 0 Å². The summed E-state index contributed by atoms with van der Waals surface area (Å²) < 4.78 is 5.17. The van der Waals surface area contributed by atoms with Gasteiger partial charge in [0.2, 0.25) is 5.78 Å². The van der Waals surface area contributed by atoms with E-state index in [-0.39, 0.29) is 37.3 Å². The van der Waals surface area contributed by atoms with Crippen LogP contribution in [0.15, 0.2) is 18.2 Å². The van der Waals surface area contributed by atoms with Crippen molar-refractivity contribution in [1.29, 1.82) is 0 Å². The second kappa shape index (κ2) is 5.28. The number of phenols is 2. The Kier molecular flexibility index (Phi) is 3.53. The minimum absolute atomic E-state index is 0.00401. The van der Waals surface area contributed by atoms with Gasteiger partial charge in [0, 0.05) is 11.1 Å². The van der Waals surface area contributed by atoms with Gasteiger partial charge in [-0.15, -0.1) is 0 Å². The van der Waals surface area contributed by atoms with Crippen molar-refractivity contribution in [3.05, 3.63) is 49.6 Å². The number of carbonyl (C=O) groups excluding carboxylic acids is 2. The largest absolute Gasteiger partial charge is 0.507 e. The number of aryl methyl sites for hydroxylation is 1. The Balaban J connectivity index is 2.36. The summed E-state index contributed by atoms with van der Waals surface area (Å²) in [6.07, 6.45) is 7.06. The van der Waals surface area contributed by atoms with E-state index in [2.05, 4.69) is 0 Å². The SMILES string of the molecule is C#COc1cc2c(c(O)c1I)C(=O)c1c(O)cc(C)cc1C2=O. The zero-order valence-corrected chi connectivity index (χ0v) is 14.0. The molecule has 0 aliphatic heterocycles. The molecule has 2 N–H and O–H groups in total. The van der Waals surface area contributed by atoms with Gasteiger partial charge >= 0.3 is 0 Å². The third-order valence-corrected chi connectivity index (χ3v) is 4.62. The summed E-state index contributed by atoms with van der Waals surface area (Å²) in [7, 11) is 0. The lowest BCUT2D eigenvalue weighted by Gasteiger charge is -2.21. The van der Waals surface area contributed by atoms with Crippen LogP contribution < -0.4 is 4.74 Å². The maximum absolute atomic E-state index is 12.7. The van der Waals surface area contributed by atoms with Crippen molar-refractivity contribution in [3.63, 3.8) is 0 Å². The Morgan fingerprint density at radius 3 is 2.39 bits per heavy atom. The van der Waals surface area contributed by atoms with Gasteiger partial charge in [-0.3, -0.25) is 9.59 Å². The minimum atomic E-state index is -0.616. The quantitative estimate of drug-likeness (QED) is 0.468. The van der Waals surface area contributed by atoms with Crippen LogP contribution >= 0.6 is 22.6 Å². The summed E-state index contributed by atoms with van der Waals surface area (Å²) in [5, 5.41) is 20.3. The zero-order chi connectivity index (χ0) is 16.9. The molecule has 1 aliphatic rings. The van der Waals surface area contributed by atoms with Gasteiger partial charge in [0.1, 0.15) is 17.6 Å². The Hall–Kier alpha value is -2.53. The highest BCUT2D eigenvalue weighted by atomic mass is 127. The summed E-state index contributed by atoms with van der Waals surface area (Å²) in [5.41, 5.74) is 0.462. The predicted molar refractivity (Wildman–Crippen MR) is 90.0 cm³/mol. The molecule has 0 aromatic heterocycles. The molecule has 0 atom stereocenters. The van der Waals surface area contributed by atoms with Gasteiger partial charge in [0.05, 0.1) is 14.7 Å². The van der Waals surface area contributed by atoms with Crippen molar-refractivity contribution in [2.75, 3.05) is 0 Å². The summed E-state index contributed by atoms with van der Waals surface area (Å²) >= 11 is 1.77. The molecule has 1 aliphatic carbocycles. The zero-order valence-electron chi connectivity index (χ0n) is 11.8. The molecule has 6 heteroatoms. The molecule has 0 unspecified atom stereocenters. The van der Waals surface area contributed by atoms with Crippen LogP contribution in [0.4, 0.5) is 0 Å². The highest BCUT2D eigenvalue weighted by Crippen LogP contribution is 2.42. The topological polar surface area (TPSA) is 83.8 Å². The van der Waals surface area contributed by atoms with Crippen molar-refractivity contribution < 1.29 is 24.5 Å². The number of ether oxygens (including phenoxy) is 1. The number of hydrogen-bond acceptors (Lipinski definition) is 5. The maximum Gasteiger partial charge on any atom is 0.202 e. The molecule has 5 nitrogen and oxygen atoms in total. The number of benzene rings is 2. The number of fused-ring (bicyclic) bond motifs is 2. The molecule has 0 fully saturated rings. The van der Waals surface area contributed by atoms with E-state index in [1.165, 1.54) is 18.2 Å². The summed E-state index contributed by atoms with van der Waals surface area (Å²) in [4.78, 5) is 25.4. The highest BCUT2D eigenvalue weighted by molar-refractivity contribution is 14.1. The number of halogens is 1. The highest BCUT2D eigenvalue weighted by Gasteiger charge is 2.36. The van der Waals surface area contributed by atoms with Crippen molar-refractivity contribution >= 4 is 34.2 Å². The van der Waals surface area contributed by atoms with Gasteiger partial charge in [0.25, 0.3) is 0 Å². The Morgan fingerprint density at radius 1 is 1.09 bits per heavy atom. The number of carbonyl (C=O) groups is 2. The number of phenolic OH excluding ortho intramolecular Hbond substituents is 2. The first-order chi connectivity index (χ1) is 10.9. The fourth-order valence-corrected chi connectivity index (χ4v) is 3.16. The number of rotatable bonds is 1. The fourth-order valence-electron chi connectivity index (χ4n) is 2.62. The number of terminal acetylenes is 1. The van der Waals surface area contributed by atoms with Crippen LogP contribution in [0.25, 0.3) is 0 Å². The molecule has 2 aromatic rings. The van der Waals surface area contributed by atoms with E-state index in [4.69, 9.17) is 11.2 Å². The first kappa shape index (κ1) is 15.4. The Labute approximate surface area is 145 Å². The summed E-state index contributed by atoms with van der Waals surface area (Å²) in [5.74, 6) is -1.66. The van der Waals surface area contributed by atoms with Gasteiger partial charge < -0.3 is 14.9 Å². The lowest BCUT2D eigenvalue weighted by atomic mass is 9.82. The fraction of sp³-hybridized carbons (Fsp3) is 0.0588. The van der Waals surface area contributed by atoms with Crippen LogP contribution in [0.5, 0.6) is 17.2 Å². The van der Waals surface area contributed by atoms with Crippen LogP contribution in [0.3, 0.4) is 0 Å². The van der Waals surface area contributed by atoms with Crippen molar-refractivity contribution in [2.45, 2.75) is 6.92 Å². The van der Waals surface area contributed by atoms with E-state index < -0.39 is 17.3 Å². The first-order valence-electron chi connectivity index (χ1n) is 6.47. The molecular weight excluding hydrogens is 411 g/mol. The molecule has 0 saturated heterocycles. The minimum Gasteiger partial charge on any atom is -0.507 e. The van der Waals surface area contributed by atoms with Crippen LogP contribution in [-0.2, 0) is 0 Å². The standard InChI is InChI=1S/C17H9IO5/c1-3-23-11-6-9-13(17(22)14(11)18)16(21)12-8(15(9)20)4-7(2)5-10(12)19/h1,4-6,19,22H,2H3. The number of aromatic hydroxyl groups is 2. The molecule has 0 radical (unpaired) electrons. The van der Waals surface area contributed by atoms with Gasteiger partial charge in [-0.25, -0.2) is 0 Å². The van der Waals surface area contributed by atoms with E-state index in [1.54, 1.807) is 29.5 Å². The Morgan fingerprint density at radius 2 is 1.74 bits per heavy atom. The van der Waals surface area contributed by atoms with E-state index in [9.17, 15) is 19.8 Å². The van der Waals surface area contributed by atoms with Crippen molar-refractivity contribution in [1.82, 2.24) is 0 Å². The third-order valence-electron chi connectivity index (χ3n) is 3.58.